The standard InChI is InChI=1S/C21H36O3/c1-12-5-8-15-14-7-6-13-9-16(22)18(24-4)11-21(13,3)19(14)17(23)10-20(12,15)2/h12-19,22-23H,5-11H2,1-4H3/t12-,13-,14-,15-,16-,17-,18-,19+,20+,21-/m0/s1. The van der Waals surface area contributed by atoms with Gasteiger partial charge in [0.2, 0.25) is 0 Å². The molecule has 0 aromatic rings. The van der Waals surface area contributed by atoms with Gasteiger partial charge in [-0.25, -0.2) is 0 Å². The molecule has 4 saturated carbocycles. The molecule has 4 aliphatic rings. The number of methoxy groups -OCH3 is 1. The Bertz CT molecular complexity index is 493. The third-order valence-electron chi connectivity index (χ3n) is 9.37. The first-order chi connectivity index (χ1) is 11.3. The molecule has 138 valence electrons. The number of fused-ring (bicyclic) bond motifs is 5. The summed E-state index contributed by atoms with van der Waals surface area (Å²) in [5.41, 5.74) is 0.452. The molecule has 4 fully saturated rings. The Kier molecular flexibility index (Phi) is 4.10. The predicted octanol–water partition coefficient (Wildman–Crippen LogP) is 3.62. The van der Waals surface area contributed by atoms with Gasteiger partial charge in [0.05, 0.1) is 18.3 Å². The van der Waals surface area contributed by atoms with Gasteiger partial charge in [0.1, 0.15) is 0 Å². The van der Waals surface area contributed by atoms with Crippen LogP contribution < -0.4 is 0 Å². The summed E-state index contributed by atoms with van der Waals surface area (Å²) in [6.45, 7) is 7.25. The number of ether oxygens (including phenoxy) is 1. The van der Waals surface area contributed by atoms with E-state index in [-0.39, 0.29) is 23.7 Å². The van der Waals surface area contributed by atoms with Crippen LogP contribution in [-0.2, 0) is 4.74 Å². The van der Waals surface area contributed by atoms with Crippen LogP contribution >= 0.6 is 0 Å². The zero-order valence-corrected chi connectivity index (χ0v) is 15.9. The van der Waals surface area contributed by atoms with E-state index in [4.69, 9.17) is 4.74 Å². The van der Waals surface area contributed by atoms with Crippen molar-refractivity contribution in [2.75, 3.05) is 7.11 Å². The van der Waals surface area contributed by atoms with Gasteiger partial charge in [-0.3, -0.25) is 0 Å². The SMILES string of the molecule is CO[C@H]1C[C@@]2(C)[C@@H](CC[C@@H]3[C@@H]2[C@@H](O)C[C@]2(C)[C@@H](C)CC[C@@H]32)C[C@@H]1O. The van der Waals surface area contributed by atoms with E-state index in [1.54, 1.807) is 7.11 Å². The lowest BCUT2D eigenvalue weighted by Crippen LogP contribution is -2.61. The molecule has 0 saturated heterocycles. The van der Waals surface area contributed by atoms with Gasteiger partial charge in [0.15, 0.2) is 0 Å². The zero-order valence-electron chi connectivity index (χ0n) is 15.9. The molecule has 2 N–H and O–H groups in total. The van der Waals surface area contributed by atoms with Crippen molar-refractivity contribution in [3.05, 3.63) is 0 Å². The molecule has 0 aromatic heterocycles. The van der Waals surface area contributed by atoms with Crippen LogP contribution in [0.25, 0.3) is 0 Å². The third-order valence-corrected chi connectivity index (χ3v) is 9.37. The van der Waals surface area contributed by atoms with Crippen LogP contribution in [0.5, 0.6) is 0 Å². The van der Waals surface area contributed by atoms with Crippen LogP contribution in [0, 0.1) is 40.4 Å². The molecule has 0 bridgehead atoms. The Morgan fingerprint density at radius 3 is 2.38 bits per heavy atom. The molecule has 0 radical (unpaired) electrons. The predicted molar refractivity (Wildman–Crippen MR) is 94.5 cm³/mol. The van der Waals surface area contributed by atoms with Crippen LogP contribution in [-0.4, -0.2) is 35.6 Å². The average molecular weight is 337 g/mol. The van der Waals surface area contributed by atoms with E-state index in [0.717, 1.165) is 31.1 Å². The Labute approximate surface area is 147 Å². The quantitative estimate of drug-likeness (QED) is 0.769. The smallest absolute Gasteiger partial charge is 0.0835 e. The van der Waals surface area contributed by atoms with Crippen LogP contribution in [0.3, 0.4) is 0 Å². The second-order valence-electron chi connectivity index (χ2n) is 10.1. The van der Waals surface area contributed by atoms with Crippen molar-refractivity contribution in [1.82, 2.24) is 0 Å². The van der Waals surface area contributed by atoms with Crippen molar-refractivity contribution >= 4 is 0 Å². The van der Waals surface area contributed by atoms with E-state index in [1.165, 1.54) is 25.7 Å². The van der Waals surface area contributed by atoms with Crippen molar-refractivity contribution < 1.29 is 14.9 Å². The van der Waals surface area contributed by atoms with Gasteiger partial charge >= 0.3 is 0 Å². The fourth-order valence-electron chi connectivity index (χ4n) is 7.87. The minimum atomic E-state index is -0.331. The first kappa shape index (κ1) is 17.3. The normalized spacial score (nSPS) is 60.2. The minimum Gasteiger partial charge on any atom is -0.393 e. The molecule has 4 rings (SSSR count). The monoisotopic (exact) mass is 336 g/mol. The van der Waals surface area contributed by atoms with Crippen LogP contribution in [0.2, 0.25) is 0 Å². The maximum Gasteiger partial charge on any atom is 0.0835 e. The summed E-state index contributed by atoms with van der Waals surface area (Å²) in [5, 5.41) is 21.7. The molecule has 0 unspecified atom stereocenters. The Balaban J connectivity index is 1.67. The van der Waals surface area contributed by atoms with Crippen LogP contribution in [0.15, 0.2) is 0 Å². The minimum absolute atomic E-state index is 0.0620. The summed E-state index contributed by atoms with van der Waals surface area (Å²) in [5.74, 6) is 3.12. The van der Waals surface area contributed by atoms with E-state index in [2.05, 4.69) is 20.8 Å². The highest BCUT2D eigenvalue weighted by molar-refractivity contribution is 5.12. The lowest BCUT2D eigenvalue weighted by Gasteiger charge is -2.63. The zero-order chi connectivity index (χ0) is 17.3. The lowest BCUT2D eigenvalue weighted by atomic mass is 9.43. The first-order valence-electron chi connectivity index (χ1n) is 10.2. The van der Waals surface area contributed by atoms with Gasteiger partial charge in [0.25, 0.3) is 0 Å². The molecule has 4 aliphatic carbocycles. The maximum atomic E-state index is 11.3. The van der Waals surface area contributed by atoms with Gasteiger partial charge in [-0.1, -0.05) is 20.8 Å². The van der Waals surface area contributed by atoms with E-state index >= 15 is 0 Å². The summed E-state index contributed by atoms with van der Waals surface area (Å²) in [7, 11) is 1.73. The summed E-state index contributed by atoms with van der Waals surface area (Å²) < 4.78 is 5.62. The first-order valence-corrected chi connectivity index (χ1v) is 10.2. The largest absolute Gasteiger partial charge is 0.393 e. The second kappa shape index (κ2) is 5.69. The Hall–Kier alpha value is -0.120. The molecule has 0 aromatic carbocycles. The number of rotatable bonds is 1. The molecule has 0 aliphatic heterocycles. The topological polar surface area (TPSA) is 49.7 Å². The highest BCUT2D eigenvalue weighted by Crippen LogP contribution is 2.67. The van der Waals surface area contributed by atoms with E-state index in [1.807, 2.05) is 0 Å². The third kappa shape index (κ3) is 2.20. The van der Waals surface area contributed by atoms with Crippen LogP contribution in [0.4, 0.5) is 0 Å². The Morgan fingerprint density at radius 1 is 0.917 bits per heavy atom. The van der Waals surface area contributed by atoms with Crippen molar-refractivity contribution in [2.24, 2.45) is 40.4 Å². The summed E-state index contributed by atoms with van der Waals surface area (Å²) in [6, 6.07) is 0. The fraction of sp³-hybridized carbons (Fsp3) is 1.00. The maximum absolute atomic E-state index is 11.3. The molecular weight excluding hydrogens is 300 g/mol. The molecule has 24 heavy (non-hydrogen) atoms. The number of aliphatic hydroxyl groups excluding tert-OH is 2. The number of hydrogen-bond acceptors (Lipinski definition) is 3. The van der Waals surface area contributed by atoms with Crippen molar-refractivity contribution in [2.45, 2.75) is 84.0 Å². The highest BCUT2D eigenvalue weighted by atomic mass is 16.5. The molecule has 0 amide bonds. The highest BCUT2D eigenvalue weighted by Gasteiger charge is 2.63. The second-order valence-corrected chi connectivity index (χ2v) is 10.1. The summed E-state index contributed by atoms with van der Waals surface area (Å²) in [4.78, 5) is 0. The van der Waals surface area contributed by atoms with Gasteiger partial charge in [-0.05, 0) is 85.4 Å². The Morgan fingerprint density at radius 2 is 1.67 bits per heavy atom. The summed E-state index contributed by atoms with van der Waals surface area (Å²) in [6.07, 6.45) is 7.31. The van der Waals surface area contributed by atoms with Gasteiger partial charge in [-0.15, -0.1) is 0 Å². The fourth-order valence-corrected chi connectivity index (χ4v) is 7.87. The summed E-state index contributed by atoms with van der Waals surface area (Å²) >= 11 is 0. The lowest BCUT2D eigenvalue weighted by molar-refractivity contribution is -0.199. The molecule has 10 atom stereocenters. The molecule has 0 spiro atoms. The number of hydrogen-bond donors (Lipinski definition) is 2. The van der Waals surface area contributed by atoms with Crippen molar-refractivity contribution in [1.29, 1.82) is 0 Å². The molecule has 0 heterocycles. The van der Waals surface area contributed by atoms with Crippen LogP contribution in [0.1, 0.15) is 65.7 Å². The average Bonchev–Trinajstić information content (AvgIpc) is 2.82. The van der Waals surface area contributed by atoms with Gasteiger partial charge in [-0.2, -0.15) is 0 Å². The van der Waals surface area contributed by atoms with E-state index in [9.17, 15) is 10.2 Å². The van der Waals surface area contributed by atoms with E-state index in [0.29, 0.717) is 23.2 Å². The van der Waals surface area contributed by atoms with Crippen molar-refractivity contribution in [3.8, 4) is 0 Å². The van der Waals surface area contributed by atoms with Gasteiger partial charge in [0, 0.05) is 7.11 Å². The number of aliphatic hydroxyl groups is 2. The molecule has 3 nitrogen and oxygen atoms in total. The van der Waals surface area contributed by atoms with Gasteiger partial charge < -0.3 is 14.9 Å². The molecule has 3 heteroatoms. The molecular formula is C21H36O3. The van der Waals surface area contributed by atoms with Crippen molar-refractivity contribution in [3.63, 3.8) is 0 Å². The van der Waals surface area contributed by atoms with E-state index < -0.39 is 0 Å².